The third-order valence-corrected chi connectivity index (χ3v) is 15.5. The first-order chi connectivity index (χ1) is 36.7. The number of hydrogen-bond donors (Lipinski definition) is 0. The Morgan fingerprint density at radius 2 is 0.766 bits per heavy atom. The standard InChI is InChI=1S/C30H27F7O2.C29H25F7O2/c1-16-26(14-24(33)29(35)28(16)34)39-30(36,37)27-22(31)12-21(13-23(27)32)18-6-8-19(9-7-18)25-11-10-20(15-38-25)17-4-2-3-5-17;30-22-11-20(12-23(31)27(22)29(35,36)38-21-13-24(32)28(34)25(33)14-21)17-5-7-18(8-6-17)26-10-9-19(15-37-26)16-3-1-2-4-16/h6-9,12-14,17,20,25H,2-5,10-11,15H2,1H3;5-8,11-14,16,19,26H,1-4,9-10,15H2. The smallest absolute Gasteiger partial charge is 0.429 e. The van der Waals surface area contributed by atoms with E-state index in [0.29, 0.717) is 36.2 Å². The average Bonchev–Trinajstić information content (AvgIpc) is 4.16. The van der Waals surface area contributed by atoms with E-state index in [4.69, 9.17) is 9.47 Å². The third kappa shape index (κ3) is 12.3. The molecule has 6 aromatic carbocycles. The Labute approximate surface area is 435 Å². The van der Waals surface area contributed by atoms with Gasteiger partial charge in [0.15, 0.2) is 34.9 Å². The Hall–Kier alpha value is -6.14. The van der Waals surface area contributed by atoms with E-state index in [1.807, 2.05) is 0 Å². The molecule has 4 atom stereocenters. The molecule has 4 fully saturated rings. The zero-order valence-electron chi connectivity index (χ0n) is 41.4. The van der Waals surface area contributed by atoms with E-state index in [0.717, 1.165) is 79.8 Å². The summed E-state index contributed by atoms with van der Waals surface area (Å²) in [5.41, 5.74) is -1.59. The van der Waals surface area contributed by atoms with E-state index < -0.39 is 98.6 Å². The normalized spacial score (nSPS) is 20.5. The summed E-state index contributed by atoms with van der Waals surface area (Å²) in [6.07, 6.45) is 4.70. The van der Waals surface area contributed by atoms with Crippen molar-refractivity contribution in [1.82, 2.24) is 0 Å². The van der Waals surface area contributed by atoms with Crippen LogP contribution in [0.5, 0.6) is 11.5 Å². The van der Waals surface area contributed by atoms with Crippen LogP contribution in [0.2, 0.25) is 0 Å². The SMILES string of the molecule is Cc1c(OC(F)(F)c2c(F)cc(-c3ccc(C4CCC(C5CCCC5)CO4)cc3)cc2F)cc(F)c(F)c1F.Fc1cc(OC(F)(F)c2c(F)cc(-c3ccc(C4CCC(C5CCCC5)CO4)cc3)cc2F)cc(F)c1F. The van der Waals surface area contributed by atoms with Crippen molar-refractivity contribution in [2.45, 2.75) is 108 Å². The second-order valence-electron chi connectivity index (χ2n) is 20.3. The summed E-state index contributed by atoms with van der Waals surface area (Å²) in [5, 5.41) is 0. The number of halogens is 14. The van der Waals surface area contributed by atoms with Crippen molar-refractivity contribution in [3.05, 3.63) is 177 Å². The average molecular weight is 1090 g/mol. The summed E-state index contributed by atoms with van der Waals surface area (Å²) >= 11 is 0. The van der Waals surface area contributed by atoms with Gasteiger partial charge in [-0.15, -0.1) is 0 Å². The van der Waals surface area contributed by atoms with Gasteiger partial charge in [-0.3, -0.25) is 0 Å². The summed E-state index contributed by atoms with van der Waals surface area (Å²) in [6.45, 7) is 2.29. The van der Waals surface area contributed by atoms with Crippen molar-refractivity contribution < 1.29 is 80.4 Å². The Morgan fingerprint density at radius 1 is 0.390 bits per heavy atom. The highest BCUT2D eigenvalue weighted by molar-refractivity contribution is 5.66. The molecule has 2 aliphatic heterocycles. The fraction of sp³-hybridized carbons (Fsp3) is 0.390. The van der Waals surface area contributed by atoms with E-state index in [-0.39, 0.29) is 41.5 Å². The second-order valence-corrected chi connectivity index (χ2v) is 20.3. The highest BCUT2D eigenvalue weighted by Crippen LogP contribution is 2.44. The van der Waals surface area contributed by atoms with Gasteiger partial charge in [0.05, 0.1) is 25.4 Å². The van der Waals surface area contributed by atoms with Crippen molar-refractivity contribution in [1.29, 1.82) is 0 Å². The Morgan fingerprint density at radius 3 is 1.14 bits per heavy atom. The van der Waals surface area contributed by atoms with Gasteiger partial charge >= 0.3 is 12.2 Å². The molecule has 410 valence electrons. The van der Waals surface area contributed by atoms with Gasteiger partial charge in [0.25, 0.3) is 0 Å². The first-order valence-corrected chi connectivity index (χ1v) is 25.5. The zero-order valence-corrected chi connectivity index (χ0v) is 41.4. The highest BCUT2D eigenvalue weighted by Gasteiger charge is 2.44. The fourth-order valence-electron chi connectivity index (χ4n) is 11.2. The molecule has 2 aliphatic carbocycles. The molecule has 2 saturated carbocycles. The van der Waals surface area contributed by atoms with E-state index in [1.54, 1.807) is 48.5 Å². The minimum absolute atomic E-state index is 0.0100. The van der Waals surface area contributed by atoms with Crippen LogP contribution in [0.1, 0.15) is 117 Å². The largest absolute Gasteiger partial charge is 0.432 e. The number of rotatable bonds is 12. The van der Waals surface area contributed by atoms with Crippen LogP contribution in [0, 0.1) is 88.8 Å². The molecule has 6 aromatic rings. The van der Waals surface area contributed by atoms with E-state index in [1.165, 1.54) is 51.4 Å². The predicted octanol–water partition coefficient (Wildman–Crippen LogP) is 18.0. The van der Waals surface area contributed by atoms with Gasteiger partial charge < -0.3 is 18.9 Å². The van der Waals surface area contributed by atoms with Crippen molar-refractivity contribution >= 4 is 0 Å². The maximum absolute atomic E-state index is 14.8. The minimum atomic E-state index is -4.65. The maximum atomic E-state index is 14.8. The van der Waals surface area contributed by atoms with Crippen molar-refractivity contribution in [3.63, 3.8) is 0 Å². The van der Waals surface area contributed by atoms with Crippen molar-refractivity contribution in [3.8, 4) is 33.8 Å². The third-order valence-electron chi connectivity index (χ3n) is 15.5. The quantitative estimate of drug-likeness (QED) is 0.0904. The molecule has 4 nitrogen and oxygen atoms in total. The Kier molecular flexibility index (Phi) is 16.7. The van der Waals surface area contributed by atoms with Gasteiger partial charge in [-0.2, -0.15) is 17.6 Å². The lowest BCUT2D eigenvalue weighted by atomic mass is 9.84. The van der Waals surface area contributed by atoms with Crippen LogP contribution in [-0.2, 0) is 21.7 Å². The Bertz CT molecular complexity index is 2980. The van der Waals surface area contributed by atoms with Crippen LogP contribution in [0.25, 0.3) is 22.3 Å². The van der Waals surface area contributed by atoms with Crippen LogP contribution in [0.4, 0.5) is 61.5 Å². The van der Waals surface area contributed by atoms with E-state index in [9.17, 15) is 61.5 Å². The summed E-state index contributed by atoms with van der Waals surface area (Å²) in [6, 6.07) is 17.1. The molecular formula is C59H52F14O4. The van der Waals surface area contributed by atoms with Gasteiger partial charge in [0.2, 0.25) is 0 Å². The van der Waals surface area contributed by atoms with Gasteiger partial charge in [-0.05, 0) is 114 Å². The monoisotopic (exact) mass is 1090 g/mol. The molecule has 0 N–H and O–H groups in total. The molecule has 0 aromatic heterocycles. The zero-order chi connectivity index (χ0) is 54.9. The number of ether oxygens (including phenoxy) is 4. The van der Waals surface area contributed by atoms with Crippen LogP contribution >= 0.6 is 0 Å². The number of benzene rings is 6. The Balaban J connectivity index is 0.000000188. The molecule has 0 bridgehead atoms. The molecule has 0 radical (unpaired) electrons. The molecule has 4 unspecified atom stereocenters. The van der Waals surface area contributed by atoms with Crippen LogP contribution in [-0.4, -0.2) is 13.2 Å². The molecule has 4 aliphatic rings. The molecule has 2 heterocycles. The van der Waals surface area contributed by atoms with Crippen LogP contribution < -0.4 is 9.47 Å². The van der Waals surface area contributed by atoms with Gasteiger partial charge in [0, 0.05) is 23.8 Å². The van der Waals surface area contributed by atoms with Gasteiger partial charge in [0.1, 0.15) is 45.9 Å². The van der Waals surface area contributed by atoms with Gasteiger partial charge in [-0.1, -0.05) is 99.9 Å². The first kappa shape index (κ1) is 55.6. The van der Waals surface area contributed by atoms with E-state index in [2.05, 4.69) is 9.47 Å². The minimum Gasteiger partial charge on any atom is -0.429 e. The topological polar surface area (TPSA) is 36.9 Å². The lowest BCUT2D eigenvalue weighted by Crippen LogP contribution is -2.26. The first-order valence-electron chi connectivity index (χ1n) is 25.5. The maximum Gasteiger partial charge on any atom is 0.432 e. The van der Waals surface area contributed by atoms with Crippen molar-refractivity contribution in [2.75, 3.05) is 13.2 Å². The molecule has 0 amide bonds. The summed E-state index contributed by atoms with van der Waals surface area (Å²) in [4.78, 5) is 0. The number of hydrogen-bond acceptors (Lipinski definition) is 4. The van der Waals surface area contributed by atoms with Gasteiger partial charge in [-0.25, -0.2) is 43.9 Å². The molecule has 10 rings (SSSR count). The lowest BCUT2D eigenvalue weighted by molar-refractivity contribution is -0.190. The molecule has 0 spiro atoms. The number of alkyl halides is 4. The summed E-state index contributed by atoms with van der Waals surface area (Å²) in [5.74, 6) is -16.9. The van der Waals surface area contributed by atoms with Crippen LogP contribution in [0.15, 0.2) is 91.0 Å². The second kappa shape index (κ2) is 23.1. The molecular weight excluding hydrogens is 1040 g/mol. The summed E-state index contributed by atoms with van der Waals surface area (Å²) in [7, 11) is 0. The molecule has 18 heteroatoms. The summed E-state index contributed by atoms with van der Waals surface area (Å²) < 4.78 is 219. The molecule has 2 saturated heterocycles. The predicted molar refractivity (Wildman–Crippen MR) is 257 cm³/mol. The highest BCUT2D eigenvalue weighted by atomic mass is 19.3. The molecule has 77 heavy (non-hydrogen) atoms. The van der Waals surface area contributed by atoms with Crippen LogP contribution in [0.3, 0.4) is 0 Å². The van der Waals surface area contributed by atoms with Crippen molar-refractivity contribution in [2.24, 2.45) is 23.7 Å². The fourth-order valence-corrected chi connectivity index (χ4v) is 11.2. The van der Waals surface area contributed by atoms with E-state index >= 15 is 0 Å². The lowest BCUT2D eigenvalue weighted by Gasteiger charge is -2.32.